The molecule has 0 rings (SSSR count). The normalized spacial score (nSPS) is 14.6. The van der Waals surface area contributed by atoms with Crippen LogP contribution in [0.3, 0.4) is 0 Å². The van der Waals surface area contributed by atoms with Gasteiger partial charge < -0.3 is 8.92 Å². The van der Waals surface area contributed by atoms with Crippen LogP contribution in [0.4, 0.5) is 0 Å². The van der Waals surface area contributed by atoms with Crippen molar-refractivity contribution in [1.82, 2.24) is 0 Å². The first-order valence-corrected chi connectivity index (χ1v) is 8.80. The average Bonchev–Trinajstić information content (AvgIpc) is 2.16. The molecule has 4 heteroatoms. The monoisotopic (exact) mass is 346 g/mol. The van der Waals surface area contributed by atoms with Gasteiger partial charge >= 0.3 is 0 Å². The molecule has 2 nitrogen and oxygen atoms in total. The van der Waals surface area contributed by atoms with E-state index in [1.54, 1.807) is 0 Å². The number of hydrogen-bond donors (Lipinski definition) is 0. The maximum atomic E-state index is 6.10. The highest BCUT2D eigenvalue weighted by molar-refractivity contribution is 14.2. The highest BCUT2D eigenvalue weighted by atomic mass is 127. The first kappa shape index (κ1) is 16.0. The molecule has 0 aliphatic carbocycles. The van der Waals surface area contributed by atoms with Gasteiger partial charge in [0.2, 0.25) is 0 Å². The summed E-state index contributed by atoms with van der Waals surface area (Å²) in [5, 5.41) is 0. The largest absolute Gasteiger partial charge is 0.372 e. The van der Waals surface area contributed by atoms with E-state index in [1.165, 1.54) is 9.21 Å². The minimum absolute atomic E-state index is 0.0435. The van der Waals surface area contributed by atoms with Gasteiger partial charge in [0, 0.05) is 21.2 Å². The average molecular weight is 346 g/mol. The zero-order valence-corrected chi connectivity index (χ0v) is 13.4. The Morgan fingerprint density at radius 3 is 2.33 bits per heavy atom. The predicted molar refractivity (Wildman–Crippen MR) is 76.3 cm³/mol. The molecule has 0 N–H and O–H groups in total. The van der Waals surface area contributed by atoms with Crippen LogP contribution >= 0.6 is 30.4 Å². The van der Waals surface area contributed by atoms with Crippen molar-refractivity contribution in [3.05, 3.63) is 0 Å². The Morgan fingerprint density at radius 2 is 1.93 bits per heavy atom. The summed E-state index contributed by atoms with van der Waals surface area (Å²) in [7, 11) is 1.39. The van der Waals surface area contributed by atoms with Crippen molar-refractivity contribution in [2.75, 3.05) is 6.61 Å². The van der Waals surface area contributed by atoms with Gasteiger partial charge in [-0.15, -0.1) is 0 Å². The fourth-order valence-electron chi connectivity index (χ4n) is 1.12. The number of rotatable bonds is 8. The van der Waals surface area contributed by atoms with Crippen molar-refractivity contribution < 1.29 is 8.92 Å². The van der Waals surface area contributed by atoms with Crippen LogP contribution < -0.4 is 0 Å². The molecule has 15 heavy (non-hydrogen) atoms. The van der Waals surface area contributed by atoms with Crippen molar-refractivity contribution in [3.8, 4) is 0 Å². The van der Waals surface area contributed by atoms with Crippen LogP contribution in [0.5, 0.6) is 0 Å². The SMILES string of the molecule is CCC(CCOSI)OC(C)(C)C(C)C. The molecule has 0 saturated heterocycles. The molecular weight excluding hydrogens is 323 g/mol. The third-order valence-corrected chi connectivity index (χ3v) is 3.90. The molecule has 1 atom stereocenters. The molecule has 92 valence electrons. The fraction of sp³-hybridized carbons (Fsp3) is 1.00. The first-order chi connectivity index (χ1) is 6.94. The van der Waals surface area contributed by atoms with Crippen molar-refractivity contribution in [3.63, 3.8) is 0 Å². The smallest absolute Gasteiger partial charge is 0.0653 e. The molecule has 0 amide bonds. The van der Waals surface area contributed by atoms with E-state index < -0.39 is 0 Å². The Labute approximate surface area is 111 Å². The van der Waals surface area contributed by atoms with Crippen LogP contribution in [0.25, 0.3) is 0 Å². The van der Waals surface area contributed by atoms with E-state index in [1.807, 2.05) is 0 Å². The second-order valence-electron chi connectivity index (χ2n) is 4.58. The zero-order valence-electron chi connectivity index (χ0n) is 10.4. The molecule has 0 aliphatic heterocycles. The van der Waals surface area contributed by atoms with Gasteiger partial charge in [-0.2, -0.15) is 0 Å². The minimum Gasteiger partial charge on any atom is -0.372 e. The molecular formula is C11H23IO2S. The van der Waals surface area contributed by atoms with E-state index in [4.69, 9.17) is 8.92 Å². The molecule has 0 bridgehead atoms. The van der Waals surface area contributed by atoms with E-state index >= 15 is 0 Å². The van der Waals surface area contributed by atoms with Crippen LogP contribution in [0.1, 0.15) is 47.5 Å². The minimum atomic E-state index is -0.0435. The summed E-state index contributed by atoms with van der Waals surface area (Å²) in [4.78, 5) is 0. The van der Waals surface area contributed by atoms with E-state index in [0.29, 0.717) is 12.0 Å². The van der Waals surface area contributed by atoms with Crippen LogP contribution in [0.2, 0.25) is 0 Å². The van der Waals surface area contributed by atoms with E-state index in [0.717, 1.165) is 19.4 Å². The Bertz CT molecular complexity index is 163. The Kier molecular flexibility index (Phi) is 8.69. The summed E-state index contributed by atoms with van der Waals surface area (Å²) < 4.78 is 11.4. The number of halogens is 1. The van der Waals surface area contributed by atoms with Gasteiger partial charge in [0.25, 0.3) is 0 Å². The lowest BCUT2D eigenvalue weighted by Crippen LogP contribution is -2.35. The lowest BCUT2D eigenvalue weighted by molar-refractivity contribution is -0.103. The Balaban J connectivity index is 3.97. The van der Waals surface area contributed by atoms with Gasteiger partial charge in [-0.3, -0.25) is 0 Å². The summed E-state index contributed by atoms with van der Waals surface area (Å²) in [5.74, 6) is 0.534. The predicted octanol–water partition coefficient (Wildman–Crippen LogP) is 4.62. The molecule has 1 unspecified atom stereocenters. The number of hydrogen-bond acceptors (Lipinski definition) is 3. The quantitative estimate of drug-likeness (QED) is 0.363. The van der Waals surface area contributed by atoms with E-state index in [9.17, 15) is 0 Å². The fourth-order valence-corrected chi connectivity index (χ4v) is 1.82. The lowest BCUT2D eigenvalue weighted by atomic mass is 9.94. The summed E-state index contributed by atoms with van der Waals surface area (Å²) in [6, 6.07) is 0. The molecule has 0 aromatic rings. The van der Waals surface area contributed by atoms with Crippen molar-refractivity contribution in [2.45, 2.75) is 59.2 Å². The van der Waals surface area contributed by atoms with Gasteiger partial charge in [0.15, 0.2) is 0 Å². The van der Waals surface area contributed by atoms with Crippen molar-refractivity contribution in [2.24, 2.45) is 5.92 Å². The van der Waals surface area contributed by atoms with Crippen molar-refractivity contribution >= 4 is 30.4 Å². The van der Waals surface area contributed by atoms with Crippen LogP contribution in [0.15, 0.2) is 0 Å². The zero-order chi connectivity index (χ0) is 11.9. The lowest BCUT2D eigenvalue weighted by Gasteiger charge is -2.34. The first-order valence-electron chi connectivity index (χ1n) is 5.52. The molecule has 0 heterocycles. The van der Waals surface area contributed by atoms with Crippen LogP contribution in [0, 0.1) is 5.92 Å². The number of ether oxygens (including phenoxy) is 1. The maximum Gasteiger partial charge on any atom is 0.0653 e. The standard InChI is InChI=1S/C11H23IO2S/c1-6-10(7-8-13-15-12)14-11(4,5)9(2)3/h9-10H,6-8H2,1-5H3. The van der Waals surface area contributed by atoms with Gasteiger partial charge in [0.05, 0.1) is 27.5 Å². The molecule has 0 aromatic carbocycles. The molecule has 0 aliphatic rings. The van der Waals surface area contributed by atoms with E-state index in [2.05, 4.69) is 55.8 Å². The molecule has 0 radical (unpaired) electrons. The van der Waals surface area contributed by atoms with Crippen LogP contribution in [-0.2, 0) is 8.92 Å². The summed E-state index contributed by atoms with van der Waals surface area (Å²) >= 11 is 2.14. The van der Waals surface area contributed by atoms with Gasteiger partial charge in [-0.1, -0.05) is 20.8 Å². The summed E-state index contributed by atoms with van der Waals surface area (Å²) in [6.45, 7) is 11.6. The maximum absolute atomic E-state index is 6.10. The topological polar surface area (TPSA) is 18.5 Å². The summed E-state index contributed by atoms with van der Waals surface area (Å²) in [5.41, 5.74) is -0.0435. The van der Waals surface area contributed by atoms with Gasteiger partial charge in [0.1, 0.15) is 0 Å². The third-order valence-electron chi connectivity index (χ3n) is 2.88. The highest BCUT2D eigenvalue weighted by Gasteiger charge is 2.26. The third kappa shape index (κ3) is 7.02. The van der Waals surface area contributed by atoms with E-state index in [-0.39, 0.29) is 5.60 Å². The Morgan fingerprint density at radius 1 is 1.33 bits per heavy atom. The van der Waals surface area contributed by atoms with Crippen LogP contribution in [-0.4, -0.2) is 18.3 Å². The Hall–Kier alpha value is 1.00. The summed E-state index contributed by atoms with van der Waals surface area (Å²) in [6.07, 6.45) is 2.33. The van der Waals surface area contributed by atoms with Crippen molar-refractivity contribution in [1.29, 1.82) is 0 Å². The molecule has 0 fully saturated rings. The molecule has 0 aromatic heterocycles. The second-order valence-corrected chi connectivity index (χ2v) is 6.02. The van der Waals surface area contributed by atoms with Gasteiger partial charge in [-0.25, -0.2) is 0 Å². The highest BCUT2D eigenvalue weighted by Crippen LogP contribution is 2.25. The van der Waals surface area contributed by atoms with Gasteiger partial charge in [-0.05, 0) is 32.6 Å². The molecule has 0 saturated carbocycles. The second kappa shape index (κ2) is 8.14. The molecule has 0 spiro atoms.